The number of hydrogen-bond acceptors (Lipinski definition) is 4. The number of nitrogens with zero attached hydrogens (tertiary/aromatic N) is 3. The van der Waals surface area contributed by atoms with E-state index in [1.54, 1.807) is 6.20 Å². The van der Waals surface area contributed by atoms with Gasteiger partial charge in [0.05, 0.1) is 18.8 Å². The fourth-order valence-electron chi connectivity index (χ4n) is 2.23. The molecule has 0 bridgehead atoms. The van der Waals surface area contributed by atoms with E-state index in [0.29, 0.717) is 18.8 Å². The topological polar surface area (TPSA) is 47.4 Å². The van der Waals surface area contributed by atoms with Gasteiger partial charge in [0.15, 0.2) is 5.16 Å². The van der Waals surface area contributed by atoms with Gasteiger partial charge in [0, 0.05) is 19.4 Å². The zero-order valence-corrected chi connectivity index (χ0v) is 13.5. The third-order valence-electron chi connectivity index (χ3n) is 3.63. The number of carbonyl (C=O) groups is 1. The fourth-order valence-corrected chi connectivity index (χ4v) is 3.07. The number of imidazole rings is 1. The summed E-state index contributed by atoms with van der Waals surface area (Å²) in [5, 5.41) is 0.862. The van der Waals surface area contributed by atoms with Crippen LogP contribution in [0.1, 0.15) is 5.56 Å². The molecule has 22 heavy (non-hydrogen) atoms. The molecule has 1 saturated heterocycles. The van der Waals surface area contributed by atoms with Crippen LogP contribution in [0.25, 0.3) is 0 Å². The summed E-state index contributed by atoms with van der Waals surface area (Å²) in [6.45, 7) is 3.37. The summed E-state index contributed by atoms with van der Waals surface area (Å²) in [4.78, 5) is 18.1. The molecule has 0 spiro atoms. The second kappa shape index (κ2) is 6.44. The summed E-state index contributed by atoms with van der Waals surface area (Å²) < 4.78 is 7.75. The summed E-state index contributed by atoms with van der Waals surface area (Å²) in [6, 6.07) is 7.99. The number of hydrogen-bond donors (Lipinski definition) is 0. The van der Waals surface area contributed by atoms with E-state index in [2.05, 4.69) is 4.98 Å². The first-order chi connectivity index (χ1) is 10.6. The summed E-state index contributed by atoms with van der Waals surface area (Å²) in [5.41, 5.74) is 1.21. The second-order valence-corrected chi connectivity index (χ2v) is 6.40. The summed E-state index contributed by atoms with van der Waals surface area (Å²) in [7, 11) is 1.93. The van der Waals surface area contributed by atoms with E-state index in [-0.39, 0.29) is 12.0 Å². The molecule has 1 aliphatic heterocycles. The number of rotatable bonds is 5. The van der Waals surface area contributed by atoms with Crippen molar-refractivity contribution in [3.63, 3.8) is 0 Å². The lowest BCUT2D eigenvalue weighted by Gasteiger charge is -2.38. The van der Waals surface area contributed by atoms with E-state index in [9.17, 15) is 4.79 Å². The van der Waals surface area contributed by atoms with Crippen molar-refractivity contribution in [1.29, 1.82) is 0 Å². The molecule has 116 valence electrons. The lowest BCUT2D eigenvalue weighted by molar-refractivity contribution is -0.137. The molecule has 3 rings (SSSR count). The zero-order valence-electron chi connectivity index (χ0n) is 12.7. The summed E-state index contributed by atoms with van der Waals surface area (Å²) in [5.74, 6) is 1.42. The maximum atomic E-state index is 12.1. The molecule has 1 fully saturated rings. The normalized spacial score (nSPS) is 14.7. The maximum absolute atomic E-state index is 12.1. The average molecular weight is 317 g/mol. The Hall–Kier alpha value is -1.95. The molecule has 1 aromatic heterocycles. The van der Waals surface area contributed by atoms with Crippen LogP contribution in [0.15, 0.2) is 41.8 Å². The highest BCUT2D eigenvalue weighted by atomic mass is 32.2. The van der Waals surface area contributed by atoms with Gasteiger partial charge in [0.1, 0.15) is 11.9 Å². The number of carbonyl (C=O) groups excluding carboxylic acids is 1. The van der Waals surface area contributed by atoms with Crippen LogP contribution in [-0.2, 0) is 11.8 Å². The average Bonchev–Trinajstić information content (AvgIpc) is 2.87. The van der Waals surface area contributed by atoms with Gasteiger partial charge in [-0.1, -0.05) is 29.5 Å². The third-order valence-corrected chi connectivity index (χ3v) is 4.67. The Morgan fingerprint density at radius 2 is 2.09 bits per heavy atom. The minimum atomic E-state index is 0.102. The van der Waals surface area contributed by atoms with Crippen molar-refractivity contribution >= 4 is 17.7 Å². The molecule has 2 heterocycles. The number of ether oxygens (including phenoxy) is 1. The number of benzene rings is 1. The first-order valence-corrected chi connectivity index (χ1v) is 8.21. The van der Waals surface area contributed by atoms with E-state index < -0.39 is 0 Å². The van der Waals surface area contributed by atoms with Crippen LogP contribution in [0, 0.1) is 6.92 Å². The minimum Gasteiger partial charge on any atom is -0.487 e. The molecule has 6 heteroatoms. The van der Waals surface area contributed by atoms with Crippen molar-refractivity contribution in [3.05, 3.63) is 42.2 Å². The first-order valence-electron chi connectivity index (χ1n) is 7.23. The number of aryl methyl sites for hydroxylation is 2. The van der Waals surface area contributed by atoms with Gasteiger partial charge in [-0.05, 0) is 19.1 Å². The van der Waals surface area contributed by atoms with E-state index in [0.717, 1.165) is 10.9 Å². The van der Waals surface area contributed by atoms with E-state index in [1.165, 1.54) is 17.3 Å². The molecule has 0 saturated carbocycles. The molecule has 0 atom stereocenters. The molecule has 1 aliphatic rings. The van der Waals surface area contributed by atoms with Crippen molar-refractivity contribution in [1.82, 2.24) is 14.5 Å². The van der Waals surface area contributed by atoms with Crippen LogP contribution in [0.5, 0.6) is 5.75 Å². The Kier molecular flexibility index (Phi) is 4.38. The quantitative estimate of drug-likeness (QED) is 0.793. The molecule has 2 aromatic rings. The number of likely N-dealkylation sites (tertiary alicyclic amines) is 1. The van der Waals surface area contributed by atoms with Crippen LogP contribution in [0.4, 0.5) is 0 Å². The minimum absolute atomic E-state index is 0.102. The van der Waals surface area contributed by atoms with Gasteiger partial charge >= 0.3 is 0 Å². The summed E-state index contributed by atoms with van der Waals surface area (Å²) >= 11 is 1.47. The second-order valence-electron chi connectivity index (χ2n) is 5.46. The molecular weight excluding hydrogens is 298 g/mol. The van der Waals surface area contributed by atoms with E-state index in [4.69, 9.17) is 4.74 Å². The van der Waals surface area contributed by atoms with Crippen LogP contribution in [-0.4, -0.2) is 45.3 Å². The Labute approximate surface area is 134 Å². The van der Waals surface area contributed by atoms with Crippen LogP contribution >= 0.6 is 11.8 Å². The van der Waals surface area contributed by atoms with Gasteiger partial charge in [-0.15, -0.1) is 0 Å². The Morgan fingerprint density at radius 1 is 1.36 bits per heavy atom. The van der Waals surface area contributed by atoms with Crippen molar-refractivity contribution in [2.75, 3.05) is 18.8 Å². The highest BCUT2D eigenvalue weighted by Crippen LogP contribution is 2.21. The van der Waals surface area contributed by atoms with Gasteiger partial charge < -0.3 is 14.2 Å². The SMILES string of the molecule is Cc1ccc(OC2CN(C(=O)CSc3nccn3C)C2)cc1. The van der Waals surface area contributed by atoms with Crippen molar-refractivity contribution in [2.24, 2.45) is 7.05 Å². The Bertz CT molecular complexity index is 648. The highest BCUT2D eigenvalue weighted by Gasteiger charge is 2.32. The fraction of sp³-hybridized carbons (Fsp3) is 0.375. The van der Waals surface area contributed by atoms with Crippen LogP contribution < -0.4 is 4.74 Å². The molecule has 0 N–H and O–H groups in total. The predicted molar refractivity (Wildman–Crippen MR) is 86.1 cm³/mol. The molecule has 1 amide bonds. The van der Waals surface area contributed by atoms with E-state index in [1.807, 2.05) is 53.9 Å². The largest absolute Gasteiger partial charge is 0.487 e. The molecule has 5 nitrogen and oxygen atoms in total. The Balaban J connectivity index is 1.42. The molecule has 1 aromatic carbocycles. The number of aromatic nitrogens is 2. The Morgan fingerprint density at radius 3 is 2.73 bits per heavy atom. The summed E-state index contributed by atoms with van der Waals surface area (Å²) in [6.07, 6.45) is 3.72. The van der Waals surface area contributed by atoms with Crippen molar-refractivity contribution in [2.45, 2.75) is 18.2 Å². The third kappa shape index (κ3) is 3.44. The van der Waals surface area contributed by atoms with Crippen molar-refractivity contribution < 1.29 is 9.53 Å². The molecule has 0 unspecified atom stereocenters. The van der Waals surface area contributed by atoms with Crippen LogP contribution in [0.3, 0.4) is 0 Å². The number of thioether (sulfide) groups is 1. The molecule has 0 aliphatic carbocycles. The monoisotopic (exact) mass is 317 g/mol. The van der Waals surface area contributed by atoms with Gasteiger partial charge in [-0.25, -0.2) is 4.98 Å². The van der Waals surface area contributed by atoms with Gasteiger partial charge in [0.2, 0.25) is 5.91 Å². The highest BCUT2D eigenvalue weighted by molar-refractivity contribution is 7.99. The lowest BCUT2D eigenvalue weighted by Crippen LogP contribution is -2.56. The molecule has 0 radical (unpaired) electrons. The predicted octanol–water partition coefficient (Wildman–Crippen LogP) is 2.11. The zero-order chi connectivity index (χ0) is 15.5. The van der Waals surface area contributed by atoms with Gasteiger partial charge in [0.25, 0.3) is 0 Å². The van der Waals surface area contributed by atoms with Crippen LogP contribution in [0.2, 0.25) is 0 Å². The number of amides is 1. The van der Waals surface area contributed by atoms with Crippen molar-refractivity contribution in [3.8, 4) is 5.75 Å². The molecular formula is C16H19N3O2S. The first kappa shape index (κ1) is 15.0. The van der Waals surface area contributed by atoms with E-state index >= 15 is 0 Å². The standard InChI is InChI=1S/C16H19N3O2S/c1-12-3-5-13(6-4-12)21-14-9-19(10-14)15(20)11-22-16-17-7-8-18(16)2/h3-8,14H,9-11H2,1-2H3. The maximum Gasteiger partial charge on any atom is 0.233 e. The lowest BCUT2D eigenvalue weighted by atomic mass is 10.1. The van der Waals surface area contributed by atoms with Gasteiger partial charge in [-0.3, -0.25) is 4.79 Å². The van der Waals surface area contributed by atoms with Gasteiger partial charge in [-0.2, -0.15) is 0 Å². The smallest absolute Gasteiger partial charge is 0.233 e.